The normalized spacial score (nSPS) is 14.2. The van der Waals surface area contributed by atoms with Crippen LogP contribution < -0.4 is 15.6 Å². The third-order valence-electron chi connectivity index (χ3n) is 4.64. The topological polar surface area (TPSA) is 76.5 Å². The molecule has 2 aromatic carbocycles. The van der Waals surface area contributed by atoms with E-state index >= 15 is 0 Å². The number of carbonyl (C=O) groups is 1. The van der Waals surface area contributed by atoms with Crippen molar-refractivity contribution in [2.75, 3.05) is 36.5 Å². The van der Waals surface area contributed by atoms with Gasteiger partial charge in [0.25, 0.3) is 0 Å². The van der Waals surface area contributed by atoms with E-state index < -0.39 is 0 Å². The second-order valence-corrected chi connectivity index (χ2v) is 6.87. The van der Waals surface area contributed by atoms with Gasteiger partial charge in [0.15, 0.2) is 0 Å². The molecule has 0 bridgehead atoms. The Morgan fingerprint density at radius 3 is 2.75 bits per heavy atom. The van der Waals surface area contributed by atoms with Crippen molar-refractivity contribution in [3.05, 3.63) is 63.9 Å². The zero-order chi connectivity index (χ0) is 19.5. The van der Waals surface area contributed by atoms with Crippen LogP contribution in [0.15, 0.2) is 53.5 Å². The molecule has 8 heteroatoms. The predicted molar refractivity (Wildman–Crippen MR) is 109 cm³/mol. The van der Waals surface area contributed by atoms with Crippen LogP contribution in [0.3, 0.4) is 0 Å². The van der Waals surface area contributed by atoms with Crippen molar-refractivity contribution in [3.8, 4) is 0 Å². The van der Waals surface area contributed by atoms with Gasteiger partial charge in [-0.25, -0.2) is 0 Å². The number of nitrogens with zero attached hydrogens (tertiary/aromatic N) is 3. The molecule has 0 unspecified atom stereocenters. The minimum Gasteiger partial charge on any atom is -0.378 e. The minimum atomic E-state index is -0.252. The number of benzene rings is 2. The molecule has 1 saturated heterocycles. The van der Waals surface area contributed by atoms with Gasteiger partial charge in [-0.2, -0.15) is 5.10 Å². The lowest BCUT2D eigenvalue weighted by Gasteiger charge is -2.31. The van der Waals surface area contributed by atoms with E-state index in [2.05, 4.69) is 15.3 Å². The summed E-state index contributed by atoms with van der Waals surface area (Å²) in [6, 6.07) is 12.5. The van der Waals surface area contributed by atoms with Gasteiger partial charge < -0.3 is 15.0 Å². The highest BCUT2D eigenvalue weighted by atomic mass is 35.5. The predicted octanol–water partition coefficient (Wildman–Crippen LogP) is 2.53. The molecular weight excluding hydrogens is 380 g/mol. The first-order chi connectivity index (χ1) is 13.6. The standard InChI is InChI=1S/C20H19ClN4O3/c21-15-5-3-6-16(20(15)24-8-10-28-11-9-24)23-19(27)13-25-17-7-2-1-4-14(17)18(26)12-22-25/h1-7,12H,8-11,13H2,(H,23,27). The van der Waals surface area contributed by atoms with Crippen LogP contribution in [0.1, 0.15) is 0 Å². The van der Waals surface area contributed by atoms with Gasteiger partial charge in [0.05, 0.1) is 41.3 Å². The molecule has 7 nitrogen and oxygen atoms in total. The lowest BCUT2D eigenvalue weighted by Crippen LogP contribution is -2.37. The first kappa shape index (κ1) is 18.5. The summed E-state index contributed by atoms with van der Waals surface area (Å²) < 4.78 is 6.92. The molecule has 144 valence electrons. The van der Waals surface area contributed by atoms with Gasteiger partial charge in [0, 0.05) is 18.5 Å². The number of anilines is 2. The van der Waals surface area contributed by atoms with Crippen LogP contribution in [0.25, 0.3) is 10.9 Å². The first-order valence-electron chi connectivity index (χ1n) is 8.99. The molecular formula is C20H19ClN4O3. The summed E-state index contributed by atoms with van der Waals surface area (Å²) in [5.74, 6) is -0.252. The minimum absolute atomic E-state index is 0.0180. The van der Waals surface area contributed by atoms with Crippen molar-refractivity contribution in [1.29, 1.82) is 0 Å². The largest absolute Gasteiger partial charge is 0.378 e. The number of para-hydroxylation sites is 2. The van der Waals surface area contributed by atoms with Crippen LogP contribution in [0, 0.1) is 0 Å². The third-order valence-corrected chi connectivity index (χ3v) is 4.95. The molecule has 1 fully saturated rings. The highest BCUT2D eigenvalue weighted by molar-refractivity contribution is 6.34. The molecule has 1 amide bonds. The van der Waals surface area contributed by atoms with Gasteiger partial charge in [-0.05, 0) is 24.3 Å². The number of nitrogens with one attached hydrogen (secondary N) is 1. The molecule has 1 aliphatic heterocycles. The third kappa shape index (κ3) is 3.72. The van der Waals surface area contributed by atoms with E-state index in [4.69, 9.17) is 16.3 Å². The SMILES string of the molecule is O=C(Cn1ncc(=O)c2ccccc21)Nc1cccc(Cl)c1N1CCOCC1. The number of carbonyl (C=O) groups excluding carboxylic acids is 1. The fourth-order valence-corrected chi connectivity index (χ4v) is 3.63. The highest BCUT2D eigenvalue weighted by Gasteiger charge is 2.19. The van der Waals surface area contributed by atoms with Crippen molar-refractivity contribution in [1.82, 2.24) is 9.78 Å². The molecule has 1 aromatic heterocycles. The van der Waals surface area contributed by atoms with E-state index in [1.165, 1.54) is 10.9 Å². The van der Waals surface area contributed by atoms with Crippen LogP contribution in [0.4, 0.5) is 11.4 Å². The zero-order valence-corrected chi connectivity index (χ0v) is 15.9. The van der Waals surface area contributed by atoms with E-state index in [1.54, 1.807) is 30.3 Å². The molecule has 0 aliphatic carbocycles. The highest BCUT2D eigenvalue weighted by Crippen LogP contribution is 2.34. The average molecular weight is 399 g/mol. The Morgan fingerprint density at radius 1 is 1.14 bits per heavy atom. The summed E-state index contributed by atoms with van der Waals surface area (Å²) in [6.07, 6.45) is 1.23. The van der Waals surface area contributed by atoms with Crippen LogP contribution in [-0.2, 0) is 16.1 Å². The van der Waals surface area contributed by atoms with Crippen LogP contribution in [0.2, 0.25) is 5.02 Å². The Morgan fingerprint density at radius 2 is 1.93 bits per heavy atom. The number of amides is 1. The molecule has 1 aliphatic rings. The number of aromatic nitrogens is 2. The summed E-state index contributed by atoms with van der Waals surface area (Å²) in [4.78, 5) is 26.8. The Hall–Kier alpha value is -2.90. The maximum atomic E-state index is 12.7. The summed E-state index contributed by atoms with van der Waals surface area (Å²) >= 11 is 6.42. The maximum Gasteiger partial charge on any atom is 0.246 e. The lowest BCUT2D eigenvalue weighted by molar-refractivity contribution is -0.116. The molecule has 4 rings (SSSR count). The summed E-state index contributed by atoms with van der Waals surface area (Å²) in [7, 11) is 0. The monoisotopic (exact) mass is 398 g/mol. The Labute approximate surface area is 166 Å². The molecule has 2 heterocycles. The summed E-state index contributed by atoms with van der Waals surface area (Å²) in [5.41, 5.74) is 1.88. The molecule has 0 atom stereocenters. The Bertz CT molecular complexity index is 1080. The quantitative estimate of drug-likeness (QED) is 0.730. The first-order valence-corrected chi connectivity index (χ1v) is 9.37. The van der Waals surface area contributed by atoms with Crippen molar-refractivity contribution < 1.29 is 9.53 Å². The van der Waals surface area contributed by atoms with Gasteiger partial charge in [-0.15, -0.1) is 0 Å². The zero-order valence-electron chi connectivity index (χ0n) is 15.1. The number of hydrogen-bond acceptors (Lipinski definition) is 5. The number of fused-ring (bicyclic) bond motifs is 1. The molecule has 0 saturated carbocycles. The lowest BCUT2D eigenvalue weighted by atomic mass is 10.2. The molecule has 0 spiro atoms. The molecule has 1 N–H and O–H groups in total. The van der Waals surface area contributed by atoms with Crippen LogP contribution in [-0.4, -0.2) is 42.0 Å². The van der Waals surface area contributed by atoms with E-state index in [1.807, 2.05) is 12.1 Å². The smallest absolute Gasteiger partial charge is 0.246 e. The summed E-state index contributed by atoms with van der Waals surface area (Å²) in [5, 5.41) is 8.15. The van der Waals surface area contributed by atoms with Gasteiger partial charge in [0.1, 0.15) is 6.54 Å². The second kappa shape index (κ2) is 8.00. The van der Waals surface area contributed by atoms with Gasteiger partial charge >= 0.3 is 0 Å². The van der Waals surface area contributed by atoms with Crippen LogP contribution in [0.5, 0.6) is 0 Å². The van der Waals surface area contributed by atoms with E-state index in [0.717, 1.165) is 5.69 Å². The van der Waals surface area contributed by atoms with Crippen LogP contribution >= 0.6 is 11.6 Å². The van der Waals surface area contributed by atoms with E-state index in [0.29, 0.717) is 47.9 Å². The fourth-order valence-electron chi connectivity index (χ4n) is 3.34. The number of halogens is 1. The molecule has 3 aromatic rings. The number of hydrogen-bond donors (Lipinski definition) is 1. The van der Waals surface area contributed by atoms with Crippen molar-refractivity contribution in [2.45, 2.75) is 6.54 Å². The Balaban J connectivity index is 1.59. The summed E-state index contributed by atoms with van der Waals surface area (Å²) in [6.45, 7) is 2.63. The van der Waals surface area contributed by atoms with Crippen molar-refractivity contribution >= 4 is 39.8 Å². The number of ether oxygens (including phenoxy) is 1. The molecule has 0 radical (unpaired) electrons. The maximum absolute atomic E-state index is 12.7. The number of morpholine rings is 1. The molecule has 28 heavy (non-hydrogen) atoms. The Kier molecular flexibility index (Phi) is 5.27. The van der Waals surface area contributed by atoms with Crippen molar-refractivity contribution in [3.63, 3.8) is 0 Å². The van der Waals surface area contributed by atoms with E-state index in [9.17, 15) is 9.59 Å². The number of rotatable bonds is 4. The average Bonchev–Trinajstić information content (AvgIpc) is 2.71. The van der Waals surface area contributed by atoms with Gasteiger partial charge in [-0.3, -0.25) is 14.3 Å². The van der Waals surface area contributed by atoms with Crippen molar-refractivity contribution in [2.24, 2.45) is 0 Å². The van der Waals surface area contributed by atoms with Gasteiger partial charge in [-0.1, -0.05) is 29.8 Å². The van der Waals surface area contributed by atoms with Gasteiger partial charge in [0.2, 0.25) is 11.3 Å². The fraction of sp³-hybridized carbons (Fsp3) is 0.250. The van der Waals surface area contributed by atoms with E-state index in [-0.39, 0.29) is 17.9 Å². The second-order valence-electron chi connectivity index (χ2n) is 6.47.